The number of hydrogen-bond acceptors (Lipinski definition) is 3. The summed E-state index contributed by atoms with van der Waals surface area (Å²) in [6.45, 7) is 2.09. The minimum absolute atomic E-state index is 0. The maximum Gasteiger partial charge on any atom is 0.387 e. The zero-order valence-corrected chi connectivity index (χ0v) is 17.8. The number of ether oxygens (including phenoxy) is 2. The summed E-state index contributed by atoms with van der Waals surface area (Å²) in [5.41, 5.74) is 0.895. The number of likely N-dealkylation sites (tertiary alicyclic amines) is 1. The predicted molar refractivity (Wildman–Crippen MR) is 110 cm³/mol. The van der Waals surface area contributed by atoms with E-state index in [0.717, 1.165) is 30.5 Å². The molecule has 1 aromatic rings. The van der Waals surface area contributed by atoms with E-state index in [1.807, 2.05) is 6.07 Å². The molecule has 0 aromatic heterocycles. The van der Waals surface area contributed by atoms with Crippen LogP contribution in [0.4, 0.5) is 8.78 Å². The number of nitrogens with one attached hydrogen (secondary N) is 1. The van der Waals surface area contributed by atoms with Crippen LogP contribution in [-0.4, -0.2) is 51.3 Å². The van der Waals surface area contributed by atoms with Crippen LogP contribution in [0, 0.1) is 5.92 Å². The third-order valence-corrected chi connectivity index (χ3v) is 4.44. The molecular formula is C18H28F2IN3O2. The molecule has 1 N–H and O–H groups in total. The Bertz CT molecular complexity index is 580. The number of halogens is 3. The quantitative estimate of drug-likeness (QED) is 0.381. The summed E-state index contributed by atoms with van der Waals surface area (Å²) in [6, 6.07) is 5.09. The van der Waals surface area contributed by atoms with Crippen molar-refractivity contribution >= 4 is 29.9 Å². The fraction of sp³-hybridized carbons (Fsp3) is 0.611. The van der Waals surface area contributed by atoms with Gasteiger partial charge in [-0.05, 0) is 42.9 Å². The standard InChI is InChI=1S/C18H27F2N3O2.HI/c1-13-7-10-23(11-8-13)18(21-2)22-9-6-14-4-5-15(24-3)16(12-14)25-17(19)20;/h4-5,12-13,17H,6-11H2,1-3H3,(H,21,22);1H. The molecule has 2 rings (SSSR count). The number of rotatable bonds is 6. The first-order valence-electron chi connectivity index (χ1n) is 8.60. The topological polar surface area (TPSA) is 46.1 Å². The maximum atomic E-state index is 12.5. The Kier molecular flexibility index (Phi) is 9.97. The summed E-state index contributed by atoms with van der Waals surface area (Å²) in [5, 5.41) is 3.35. The average Bonchev–Trinajstić information content (AvgIpc) is 2.59. The number of benzene rings is 1. The van der Waals surface area contributed by atoms with Crippen LogP contribution >= 0.6 is 24.0 Å². The van der Waals surface area contributed by atoms with E-state index in [0.29, 0.717) is 18.7 Å². The van der Waals surface area contributed by atoms with Crippen molar-refractivity contribution in [1.82, 2.24) is 10.2 Å². The molecule has 1 aliphatic rings. The molecule has 1 heterocycles. The van der Waals surface area contributed by atoms with Gasteiger partial charge in [0.2, 0.25) is 0 Å². The second-order valence-electron chi connectivity index (χ2n) is 6.26. The summed E-state index contributed by atoms with van der Waals surface area (Å²) in [5.74, 6) is 2.02. The molecule has 26 heavy (non-hydrogen) atoms. The van der Waals surface area contributed by atoms with Crippen LogP contribution in [-0.2, 0) is 6.42 Å². The van der Waals surface area contributed by atoms with E-state index in [-0.39, 0.29) is 29.7 Å². The van der Waals surface area contributed by atoms with Gasteiger partial charge in [-0.2, -0.15) is 8.78 Å². The van der Waals surface area contributed by atoms with Crippen molar-refractivity contribution in [1.29, 1.82) is 0 Å². The van der Waals surface area contributed by atoms with Crippen LogP contribution < -0.4 is 14.8 Å². The largest absolute Gasteiger partial charge is 0.493 e. The summed E-state index contributed by atoms with van der Waals surface area (Å²) in [6.07, 6.45) is 3.02. The monoisotopic (exact) mass is 483 g/mol. The van der Waals surface area contributed by atoms with Gasteiger partial charge in [0.1, 0.15) is 0 Å². The number of nitrogens with zero attached hydrogens (tertiary/aromatic N) is 2. The van der Waals surface area contributed by atoms with E-state index in [9.17, 15) is 8.78 Å². The van der Waals surface area contributed by atoms with Crippen LogP contribution in [0.2, 0.25) is 0 Å². The lowest BCUT2D eigenvalue weighted by atomic mass is 9.99. The molecule has 1 fully saturated rings. The second-order valence-corrected chi connectivity index (χ2v) is 6.26. The van der Waals surface area contributed by atoms with Crippen LogP contribution in [0.3, 0.4) is 0 Å². The van der Waals surface area contributed by atoms with E-state index >= 15 is 0 Å². The van der Waals surface area contributed by atoms with Crippen molar-refractivity contribution < 1.29 is 18.3 Å². The van der Waals surface area contributed by atoms with Gasteiger partial charge in [0.25, 0.3) is 0 Å². The smallest absolute Gasteiger partial charge is 0.387 e. The van der Waals surface area contributed by atoms with Crippen molar-refractivity contribution in [2.75, 3.05) is 33.8 Å². The number of guanidine groups is 1. The molecule has 1 aromatic carbocycles. The fourth-order valence-corrected chi connectivity index (χ4v) is 2.94. The minimum atomic E-state index is -2.87. The zero-order valence-electron chi connectivity index (χ0n) is 15.5. The highest BCUT2D eigenvalue weighted by molar-refractivity contribution is 14.0. The Labute approximate surface area is 171 Å². The Balaban J connectivity index is 0.00000338. The second kappa shape index (κ2) is 11.4. The summed E-state index contributed by atoms with van der Waals surface area (Å²) < 4.78 is 34.6. The molecule has 0 bridgehead atoms. The average molecular weight is 483 g/mol. The summed E-state index contributed by atoms with van der Waals surface area (Å²) >= 11 is 0. The Morgan fingerprint density at radius 2 is 2.00 bits per heavy atom. The lowest BCUT2D eigenvalue weighted by Gasteiger charge is -2.32. The highest BCUT2D eigenvalue weighted by Gasteiger charge is 2.18. The van der Waals surface area contributed by atoms with Gasteiger partial charge in [0, 0.05) is 26.7 Å². The molecule has 0 amide bonds. The SMILES string of the molecule is CN=C(NCCc1ccc(OC)c(OC(F)F)c1)N1CCC(C)CC1.I. The van der Waals surface area contributed by atoms with Crippen molar-refractivity contribution in [3.8, 4) is 11.5 Å². The normalized spacial score (nSPS) is 15.6. The van der Waals surface area contributed by atoms with Crippen molar-refractivity contribution in [2.24, 2.45) is 10.9 Å². The highest BCUT2D eigenvalue weighted by Crippen LogP contribution is 2.29. The predicted octanol–water partition coefficient (Wildman–Crippen LogP) is 3.76. The summed E-state index contributed by atoms with van der Waals surface area (Å²) in [4.78, 5) is 6.60. The number of methoxy groups -OCH3 is 1. The number of alkyl halides is 2. The van der Waals surface area contributed by atoms with Gasteiger partial charge >= 0.3 is 6.61 Å². The Morgan fingerprint density at radius 1 is 1.31 bits per heavy atom. The molecule has 1 saturated heterocycles. The molecule has 8 heteroatoms. The van der Waals surface area contributed by atoms with Gasteiger partial charge in [-0.25, -0.2) is 0 Å². The molecule has 0 unspecified atom stereocenters. The number of hydrogen-bond donors (Lipinski definition) is 1. The molecule has 0 saturated carbocycles. The lowest BCUT2D eigenvalue weighted by Crippen LogP contribution is -2.45. The van der Waals surface area contributed by atoms with Crippen LogP contribution in [0.15, 0.2) is 23.2 Å². The first-order chi connectivity index (χ1) is 12.0. The van der Waals surface area contributed by atoms with Crippen LogP contribution in [0.25, 0.3) is 0 Å². The van der Waals surface area contributed by atoms with Gasteiger partial charge in [-0.15, -0.1) is 24.0 Å². The van der Waals surface area contributed by atoms with Gasteiger partial charge < -0.3 is 19.7 Å². The lowest BCUT2D eigenvalue weighted by molar-refractivity contribution is -0.0512. The number of piperidine rings is 1. The van der Waals surface area contributed by atoms with E-state index in [4.69, 9.17) is 4.74 Å². The molecule has 0 spiro atoms. The third kappa shape index (κ3) is 6.77. The van der Waals surface area contributed by atoms with E-state index in [1.165, 1.54) is 20.0 Å². The highest BCUT2D eigenvalue weighted by atomic mass is 127. The van der Waals surface area contributed by atoms with Crippen LogP contribution in [0.1, 0.15) is 25.3 Å². The first-order valence-corrected chi connectivity index (χ1v) is 8.60. The molecule has 1 aliphatic heterocycles. The van der Waals surface area contributed by atoms with Crippen molar-refractivity contribution in [3.05, 3.63) is 23.8 Å². The van der Waals surface area contributed by atoms with Crippen molar-refractivity contribution in [2.45, 2.75) is 32.8 Å². The van der Waals surface area contributed by atoms with Crippen molar-refractivity contribution in [3.63, 3.8) is 0 Å². The van der Waals surface area contributed by atoms with E-state index in [1.54, 1.807) is 19.2 Å². The molecule has 0 atom stereocenters. The maximum absolute atomic E-state index is 12.5. The van der Waals surface area contributed by atoms with E-state index in [2.05, 4.69) is 26.9 Å². The minimum Gasteiger partial charge on any atom is -0.493 e. The Morgan fingerprint density at radius 3 is 2.58 bits per heavy atom. The van der Waals surface area contributed by atoms with Crippen LogP contribution in [0.5, 0.6) is 11.5 Å². The molecule has 0 aliphatic carbocycles. The third-order valence-electron chi connectivity index (χ3n) is 4.44. The first kappa shape index (κ1) is 22.7. The molecule has 148 valence electrons. The van der Waals surface area contributed by atoms with E-state index < -0.39 is 6.61 Å². The van der Waals surface area contributed by atoms with Gasteiger partial charge in [-0.1, -0.05) is 13.0 Å². The molecule has 0 radical (unpaired) electrons. The molecular weight excluding hydrogens is 455 g/mol. The molecule has 5 nitrogen and oxygen atoms in total. The Hall–Kier alpha value is -1.32. The number of aliphatic imine (C=N–C) groups is 1. The zero-order chi connectivity index (χ0) is 18.2. The fourth-order valence-electron chi connectivity index (χ4n) is 2.94. The summed E-state index contributed by atoms with van der Waals surface area (Å²) in [7, 11) is 3.21. The van der Waals surface area contributed by atoms with Gasteiger partial charge in [-0.3, -0.25) is 4.99 Å². The van der Waals surface area contributed by atoms with Gasteiger partial charge in [0.15, 0.2) is 17.5 Å². The van der Waals surface area contributed by atoms with Gasteiger partial charge in [0.05, 0.1) is 7.11 Å².